The van der Waals surface area contributed by atoms with Gasteiger partial charge in [-0.25, -0.2) is 0 Å². The molecule has 8 nitrogen and oxygen atoms in total. The number of hydrogen-bond donors (Lipinski definition) is 2. The summed E-state index contributed by atoms with van der Waals surface area (Å²) in [5.41, 5.74) is 1.87. The number of imide groups is 1. The molecule has 1 aliphatic heterocycles. The van der Waals surface area contributed by atoms with Gasteiger partial charge in [0.2, 0.25) is 5.91 Å². The summed E-state index contributed by atoms with van der Waals surface area (Å²) >= 11 is 0.831. The van der Waals surface area contributed by atoms with E-state index in [-0.39, 0.29) is 48.1 Å². The van der Waals surface area contributed by atoms with Crippen molar-refractivity contribution in [3.63, 3.8) is 0 Å². The summed E-state index contributed by atoms with van der Waals surface area (Å²) in [5.74, 6) is -1.37. The zero-order valence-electron chi connectivity index (χ0n) is 22.1. The van der Waals surface area contributed by atoms with Crippen LogP contribution < -0.4 is 10.6 Å². The number of fused-ring (bicyclic) bond motifs is 1. The second kappa shape index (κ2) is 13.4. The molecule has 3 rings (SSSR count). The number of amides is 4. The Morgan fingerprint density at radius 3 is 2.11 bits per heavy atom. The molecule has 0 saturated heterocycles. The summed E-state index contributed by atoms with van der Waals surface area (Å²) in [6.07, 6.45) is 1.87. The monoisotopic (exact) mass is 537 g/mol. The summed E-state index contributed by atoms with van der Waals surface area (Å²) in [6, 6.07) is 16.4. The number of nitrogens with one attached hydrogen (secondary N) is 2. The van der Waals surface area contributed by atoms with Crippen LogP contribution in [0.5, 0.6) is 0 Å². The highest BCUT2D eigenvalue weighted by Gasteiger charge is 2.42. The number of benzene rings is 2. The number of thioether (sulfide) groups is 1. The van der Waals surface area contributed by atoms with Gasteiger partial charge in [0, 0.05) is 26.4 Å². The molecule has 2 N–H and O–H groups in total. The van der Waals surface area contributed by atoms with E-state index in [1.165, 1.54) is 11.8 Å². The maximum atomic E-state index is 13.4. The maximum Gasteiger partial charge on any atom is 0.261 e. The molecule has 4 amide bonds. The first-order valence-corrected chi connectivity index (χ1v) is 13.7. The lowest BCUT2D eigenvalue weighted by Gasteiger charge is -2.33. The van der Waals surface area contributed by atoms with Gasteiger partial charge in [-0.3, -0.25) is 28.9 Å². The van der Waals surface area contributed by atoms with Gasteiger partial charge >= 0.3 is 0 Å². The second-order valence-corrected chi connectivity index (χ2v) is 11.3. The maximum absolute atomic E-state index is 13.4. The van der Waals surface area contributed by atoms with Crippen LogP contribution >= 0.6 is 11.8 Å². The minimum absolute atomic E-state index is 0.0378. The van der Waals surface area contributed by atoms with Gasteiger partial charge in [0.1, 0.15) is 0 Å². The van der Waals surface area contributed by atoms with E-state index in [0.29, 0.717) is 36.9 Å². The molecule has 9 heteroatoms. The van der Waals surface area contributed by atoms with Gasteiger partial charge < -0.3 is 10.6 Å². The first kappa shape index (κ1) is 29.1. The van der Waals surface area contributed by atoms with Crippen LogP contribution in [0.15, 0.2) is 54.6 Å². The van der Waals surface area contributed by atoms with Crippen molar-refractivity contribution < 1.29 is 24.0 Å². The lowest BCUT2D eigenvalue weighted by atomic mass is 10.0. The number of rotatable bonds is 13. The van der Waals surface area contributed by atoms with Crippen molar-refractivity contribution in [1.29, 1.82) is 0 Å². The Morgan fingerprint density at radius 1 is 0.921 bits per heavy atom. The number of unbranched alkanes of at least 4 members (excludes halogenated alkanes) is 1. The molecule has 202 valence electrons. The molecule has 1 atom stereocenters. The molecule has 0 bridgehead atoms. The van der Waals surface area contributed by atoms with E-state index in [1.54, 1.807) is 24.3 Å². The second-order valence-electron chi connectivity index (χ2n) is 9.82. The molecule has 0 fully saturated rings. The zero-order valence-corrected chi connectivity index (χ0v) is 22.9. The third-order valence-corrected chi connectivity index (χ3v) is 7.27. The summed E-state index contributed by atoms with van der Waals surface area (Å²) in [5, 5.41) is 5.48. The third-order valence-electron chi connectivity index (χ3n) is 6.18. The molecule has 2 aromatic rings. The number of nitrogens with zero attached hydrogens (tertiary/aromatic N) is 1. The molecule has 0 saturated carbocycles. The molecule has 1 heterocycles. The van der Waals surface area contributed by atoms with E-state index in [4.69, 9.17) is 0 Å². The Balaban J connectivity index is 1.57. The largest absolute Gasteiger partial charge is 0.353 e. The fraction of sp³-hybridized carbons (Fsp3) is 0.414. The molecule has 0 unspecified atom stereocenters. The molecular weight excluding hydrogens is 502 g/mol. The van der Waals surface area contributed by atoms with E-state index in [0.717, 1.165) is 17.3 Å². The average molecular weight is 538 g/mol. The van der Waals surface area contributed by atoms with Crippen LogP contribution in [0.25, 0.3) is 0 Å². The molecule has 0 radical (unpaired) electrons. The number of carbonyl (C=O) groups excluding carboxylic acids is 5. The van der Waals surface area contributed by atoms with E-state index in [2.05, 4.69) is 10.6 Å². The van der Waals surface area contributed by atoms with Gasteiger partial charge in [-0.1, -0.05) is 68.1 Å². The van der Waals surface area contributed by atoms with Crippen LogP contribution in [-0.4, -0.2) is 51.6 Å². The van der Waals surface area contributed by atoms with Gasteiger partial charge in [-0.05, 0) is 49.3 Å². The van der Waals surface area contributed by atoms with Gasteiger partial charge in [0.05, 0.1) is 11.1 Å². The molecule has 0 spiro atoms. The Bertz CT molecular complexity index is 1150. The van der Waals surface area contributed by atoms with E-state index in [9.17, 15) is 24.0 Å². The van der Waals surface area contributed by atoms with Crippen LogP contribution in [0.1, 0.15) is 72.7 Å². The molecule has 38 heavy (non-hydrogen) atoms. The van der Waals surface area contributed by atoms with Crippen molar-refractivity contribution in [2.75, 3.05) is 13.1 Å². The van der Waals surface area contributed by atoms with Crippen molar-refractivity contribution >= 4 is 40.5 Å². The Labute approximate surface area is 227 Å². The third kappa shape index (κ3) is 7.54. The summed E-state index contributed by atoms with van der Waals surface area (Å²) < 4.78 is 0. The Kier molecular flexibility index (Phi) is 10.2. The summed E-state index contributed by atoms with van der Waals surface area (Å²) in [7, 11) is 0. The van der Waals surface area contributed by atoms with Crippen molar-refractivity contribution in [1.82, 2.24) is 15.5 Å². The van der Waals surface area contributed by atoms with Gasteiger partial charge in [-0.2, -0.15) is 0 Å². The average Bonchev–Trinajstić information content (AvgIpc) is 3.11. The molecule has 1 aliphatic rings. The highest BCUT2D eigenvalue weighted by Crippen LogP contribution is 2.31. The lowest BCUT2D eigenvalue weighted by molar-refractivity contribution is -0.130. The van der Waals surface area contributed by atoms with Crippen molar-refractivity contribution in [2.45, 2.75) is 57.7 Å². The zero-order chi connectivity index (χ0) is 27.7. The van der Waals surface area contributed by atoms with Gasteiger partial charge in [-0.15, -0.1) is 0 Å². The van der Waals surface area contributed by atoms with E-state index in [1.807, 2.05) is 44.2 Å². The predicted octanol–water partition coefficient (Wildman–Crippen LogP) is 3.95. The Hall–Kier alpha value is -3.46. The number of carbonyl (C=O) groups is 5. The SMILES string of the molecule is CC(=O)S[C@@](CC(C)C)(NC(=O)CCCCN1C(=O)c2ccccc2C1=O)C(=O)NCCc1ccccc1. The molecular formula is C29H35N3O5S. The van der Waals surface area contributed by atoms with E-state index >= 15 is 0 Å². The van der Waals surface area contributed by atoms with Gasteiger partial charge in [0.15, 0.2) is 9.99 Å². The van der Waals surface area contributed by atoms with Crippen molar-refractivity contribution in [3.05, 3.63) is 71.3 Å². The first-order chi connectivity index (χ1) is 18.1. The first-order valence-electron chi connectivity index (χ1n) is 12.9. The fourth-order valence-corrected chi connectivity index (χ4v) is 5.76. The smallest absolute Gasteiger partial charge is 0.261 e. The van der Waals surface area contributed by atoms with Crippen LogP contribution in [0.2, 0.25) is 0 Å². The fourth-order valence-electron chi connectivity index (χ4n) is 4.53. The van der Waals surface area contributed by atoms with Crippen LogP contribution in [0.3, 0.4) is 0 Å². The predicted molar refractivity (Wildman–Crippen MR) is 147 cm³/mol. The number of hydrogen-bond acceptors (Lipinski definition) is 6. The highest BCUT2D eigenvalue weighted by molar-refractivity contribution is 8.15. The van der Waals surface area contributed by atoms with Crippen LogP contribution in [0.4, 0.5) is 0 Å². The van der Waals surface area contributed by atoms with Crippen LogP contribution in [-0.2, 0) is 20.8 Å². The quantitative estimate of drug-likeness (QED) is 0.227. The normalized spacial score (nSPS) is 14.3. The van der Waals surface area contributed by atoms with Crippen molar-refractivity contribution in [2.24, 2.45) is 5.92 Å². The summed E-state index contributed by atoms with van der Waals surface area (Å²) in [4.78, 5) is 63.3. The molecule has 2 aromatic carbocycles. The summed E-state index contributed by atoms with van der Waals surface area (Å²) in [6.45, 7) is 5.82. The minimum Gasteiger partial charge on any atom is -0.353 e. The highest BCUT2D eigenvalue weighted by atomic mass is 32.2. The van der Waals surface area contributed by atoms with Gasteiger partial charge in [0.25, 0.3) is 17.7 Å². The topological polar surface area (TPSA) is 113 Å². The lowest BCUT2D eigenvalue weighted by Crippen LogP contribution is -2.58. The standard InChI is InChI=1S/C29H35N3O5S/c1-20(2)19-29(38-21(3)33,28(37)30-17-16-22-11-5-4-6-12-22)31-25(34)15-9-10-18-32-26(35)23-13-7-8-14-24(23)27(32)36/h4-8,11-14,20H,9-10,15-19H2,1-3H3,(H,30,37)(H,31,34)/t29-/m1/s1. The van der Waals surface area contributed by atoms with Crippen molar-refractivity contribution in [3.8, 4) is 0 Å². The molecule has 0 aromatic heterocycles. The minimum atomic E-state index is -1.42. The van der Waals surface area contributed by atoms with E-state index < -0.39 is 10.8 Å². The Morgan fingerprint density at radius 2 is 1.53 bits per heavy atom. The molecule has 0 aliphatic carbocycles. The van der Waals surface area contributed by atoms with Crippen LogP contribution in [0, 0.1) is 5.92 Å².